The molecule has 17 heavy (non-hydrogen) atoms. The molecule has 0 fully saturated rings. The molecule has 2 atom stereocenters. The van der Waals surface area contributed by atoms with E-state index in [1.807, 2.05) is 25.1 Å². The molecule has 0 spiro atoms. The molecule has 2 nitrogen and oxygen atoms in total. The van der Waals surface area contributed by atoms with Crippen LogP contribution in [0, 0.1) is 5.92 Å². The lowest BCUT2D eigenvalue weighted by atomic mass is 10.1. The molecule has 1 aromatic rings. The molecule has 1 rings (SSSR count). The van der Waals surface area contributed by atoms with Crippen molar-refractivity contribution in [2.45, 2.75) is 26.3 Å². The van der Waals surface area contributed by atoms with E-state index in [0.717, 1.165) is 10.9 Å². The summed E-state index contributed by atoms with van der Waals surface area (Å²) in [5.41, 5.74) is 0.939. The van der Waals surface area contributed by atoms with Gasteiger partial charge in [0, 0.05) is 16.4 Å². The van der Waals surface area contributed by atoms with Gasteiger partial charge >= 0.3 is 0 Å². The average molecular weight is 319 g/mol. The van der Waals surface area contributed by atoms with E-state index in [-0.39, 0.29) is 11.9 Å². The molecule has 1 aromatic carbocycles. The third-order valence-electron chi connectivity index (χ3n) is 2.74. The van der Waals surface area contributed by atoms with Gasteiger partial charge in [-0.05, 0) is 30.5 Å². The van der Waals surface area contributed by atoms with Crippen LogP contribution in [0.4, 0.5) is 0 Å². The van der Waals surface area contributed by atoms with Gasteiger partial charge in [-0.1, -0.05) is 46.6 Å². The van der Waals surface area contributed by atoms with Crippen LogP contribution in [-0.4, -0.2) is 17.3 Å². The van der Waals surface area contributed by atoms with Crippen LogP contribution in [0.1, 0.15) is 19.4 Å². The summed E-state index contributed by atoms with van der Waals surface area (Å²) in [6.07, 6.45) is 0.375. The Balaban J connectivity index is 2.50. The van der Waals surface area contributed by atoms with E-state index >= 15 is 0 Å². The summed E-state index contributed by atoms with van der Waals surface area (Å²) >= 11 is 9.28. The van der Waals surface area contributed by atoms with Gasteiger partial charge in [0.2, 0.25) is 5.91 Å². The minimum atomic E-state index is 0.0348. The van der Waals surface area contributed by atoms with Gasteiger partial charge in [-0.2, -0.15) is 0 Å². The fourth-order valence-corrected chi connectivity index (χ4v) is 2.19. The van der Waals surface area contributed by atoms with Crippen molar-refractivity contribution >= 4 is 33.4 Å². The topological polar surface area (TPSA) is 29.1 Å². The molecule has 0 saturated heterocycles. The molecule has 4 heteroatoms. The second-order valence-electron chi connectivity index (χ2n) is 4.29. The lowest BCUT2D eigenvalue weighted by molar-refractivity contribution is -0.121. The largest absolute Gasteiger partial charge is 0.353 e. The van der Waals surface area contributed by atoms with E-state index in [4.69, 9.17) is 11.6 Å². The number of nitrogens with one attached hydrogen (secondary N) is 1. The SMILES string of the molecule is CC(CBr)C(C)NC(=O)Cc1cccc(Cl)c1. The van der Waals surface area contributed by atoms with Gasteiger partial charge in [-0.25, -0.2) is 0 Å². The average Bonchev–Trinajstić information content (AvgIpc) is 2.27. The van der Waals surface area contributed by atoms with Gasteiger partial charge < -0.3 is 5.32 Å². The van der Waals surface area contributed by atoms with Crippen molar-refractivity contribution < 1.29 is 4.79 Å². The van der Waals surface area contributed by atoms with E-state index in [0.29, 0.717) is 17.4 Å². The second-order valence-corrected chi connectivity index (χ2v) is 5.38. The van der Waals surface area contributed by atoms with Crippen molar-refractivity contribution in [3.05, 3.63) is 34.9 Å². The van der Waals surface area contributed by atoms with Crippen molar-refractivity contribution in [1.29, 1.82) is 0 Å². The van der Waals surface area contributed by atoms with Crippen molar-refractivity contribution in [2.75, 3.05) is 5.33 Å². The Morgan fingerprint density at radius 2 is 2.18 bits per heavy atom. The Kier molecular flexibility index (Phi) is 6.00. The first-order valence-electron chi connectivity index (χ1n) is 5.62. The minimum Gasteiger partial charge on any atom is -0.353 e. The standard InChI is InChI=1S/C13H17BrClNO/c1-9(8-14)10(2)16-13(17)7-11-4-3-5-12(15)6-11/h3-6,9-10H,7-8H2,1-2H3,(H,16,17). The first-order valence-corrected chi connectivity index (χ1v) is 7.12. The summed E-state index contributed by atoms with van der Waals surface area (Å²) in [5, 5.41) is 4.53. The maximum atomic E-state index is 11.8. The molecule has 0 aliphatic carbocycles. The number of halogens is 2. The van der Waals surface area contributed by atoms with Crippen molar-refractivity contribution in [3.63, 3.8) is 0 Å². The normalized spacial score (nSPS) is 14.1. The highest BCUT2D eigenvalue weighted by Crippen LogP contribution is 2.11. The number of amides is 1. The number of hydrogen-bond acceptors (Lipinski definition) is 1. The summed E-state index contributed by atoms with van der Waals surface area (Å²) in [7, 11) is 0. The number of rotatable bonds is 5. The Morgan fingerprint density at radius 1 is 1.47 bits per heavy atom. The van der Waals surface area contributed by atoms with Crippen LogP contribution in [0.2, 0.25) is 5.02 Å². The van der Waals surface area contributed by atoms with Gasteiger partial charge in [0.1, 0.15) is 0 Å². The number of benzene rings is 1. The Labute approximate surface area is 116 Å². The quantitative estimate of drug-likeness (QED) is 0.828. The first-order chi connectivity index (χ1) is 8.02. The van der Waals surface area contributed by atoms with Crippen LogP contribution < -0.4 is 5.32 Å². The van der Waals surface area contributed by atoms with Crippen LogP contribution in [-0.2, 0) is 11.2 Å². The highest BCUT2D eigenvalue weighted by atomic mass is 79.9. The van der Waals surface area contributed by atoms with Crippen molar-refractivity contribution in [3.8, 4) is 0 Å². The van der Waals surface area contributed by atoms with E-state index in [1.165, 1.54) is 0 Å². The summed E-state index contributed by atoms with van der Waals surface area (Å²) < 4.78 is 0. The molecule has 0 heterocycles. The summed E-state index contributed by atoms with van der Waals surface area (Å²) in [5.74, 6) is 0.450. The molecule has 0 aliphatic heterocycles. The molecule has 0 saturated carbocycles. The van der Waals surface area contributed by atoms with Crippen LogP contribution in [0.3, 0.4) is 0 Å². The minimum absolute atomic E-state index is 0.0348. The zero-order valence-electron chi connectivity index (χ0n) is 10.0. The van der Waals surface area contributed by atoms with Gasteiger partial charge in [0.25, 0.3) is 0 Å². The molecule has 1 N–H and O–H groups in total. The third-order valence-corrected chi connectivity index (χ3v) is 4.00. The van der Waals surface area contributed by atoms with Crippen LogP contribution in [0.5, 0.6) is 0 Å². The van der Waals surface area contributed by atoms with Crippen molar-refractivity contribution in [2.24, 2.45) is 5.92 Å². The van der Waals surface area contributed by atoms with E-state index in [1.54, 1.807) is 6.07 Å². The monoisotopic (exact) mass is 317 g/mol. The number of carbonyl (C=O) groups excluding carboxylic acids is 1. The van der Waals surface area contributed by atoms with Crippen LogP contribution in [0.25, 0.3) is 0 Å². The number of alkyl halides is 1. The van der Waals surface area contributed by atoms with Crippen LogP contribution >= 0.6 is 27.5 Å². The smallest absolute Gasteiger partial charge is 0.224 e. The summed E-state index contributed by atoms with van der Waals surface area (Å²) in [6, 6.07) is 7.55. The zero-order valence-corrected chi connectivity index (χ0v) is 12.4. The first kappa shape index (κ1) is 14.5. The van der Waals surface area contributed by atoms with Gasteiger partial charge in [0.15, 0.2) is 0 Å². The zero-order chi connectivity index (χ0) is 12.8. The Hall–Kier alpha value is -0.540. The lowest BCUT2D eigenvalue weighted by Gasteiger charge is -2.19. The molecule has 0 radical (unpaired) electrons. The van der Waals surface area contributed by atoms with E-state index in [2.05, 4.69) is 28.2 Å². The summed E-state index contributed by atoms with van der Waals surface area (Å²) in [4.78, 5) is 11.8. The fraction of sp³-hybridized carbons (Fsp3) is 0.462. The van der Waals surface area contributed by atoms with Gasteiger partial charge in [-0.15, -0.1) is 0 Å². The number of hydrogen-bond donors (Lipinski definition) is 1. The second kappa shape index (κ2) is 7.02. The lowest BCUT2D eigenvalue weighted by Crippen LogP contribution is -2.38. The predicted octanol–water partition coefficient (Wildman–Crippen LogP) is 3.42. The summed E-state index contributed by atoms with van der Waals surface area (Å²) in [6.45, 7) is 4.11. The molecular weight excluding hydrogens is 302 g/mol. The molecule has 0 aliphatic rings. The molecule has 0 bridgehead atoms. The molecule has 0 aromatic heterocycles. The Morgan fingerprint density at radius 3 is 2.76 bits per heavy atom. The highest BCUT2D eigenvalue weighted by Gasteiger charge is 2.13. The molecule has 2 unspecified atom stereocenters. The highest BCUT2D eigenvalue weighted by molar-refractivity contribution is 9.09. The van der Waals surface area contributed by atoms with Crippen molar-refractivity contribution in [1.82, 2.24) is 5.32 Å². The predicted molar refractivity (Wildman–Crippen MR) is 75.7 cm³/mol. The maximum Gasteiger partial charge on any atom is 0.224 e. The number of carbonyl (C=O) groups is 1. The fourth-order valence-electron chi connectivity index (χ4n) is 1.41. The molecular formula is C13H17BrClNO. The Bertz CT molecular complexity index is 383. The molecule has 94 valence electrons. The maximum absolute atomic E-state index is 11.8. The van der Waals surface area contributed by atoms with E-state index < -0.39 is 0 Å². The van der Waals surface area contributed by atoms with E-state index in [9.17, 15) is 4.79 Å². The van der Waals surface area contributed by atoms with Crippen LogP contribution in [0.15, 0.2) is 24.3 Å². The third kappa shape index (κ3) is 5.09. The molecule has 1 amide bonds. The van der Waals surface area contributed by atoms with Gasteiger partial charge in [0.05, 0.1) is 6.42 Å². The van der Waals surface area contributed by atoms with Gasteiger partial charge in [-0.3, -0.25) is 4.79 Å².